The summed E-state index contributed by atoms with van der Waals surface area (Å²) in [6.07, 6.45) is -8.27. The van der Waals surface area contributed by atoms with Crippen molar-refractivity contribution in [3.63, 3.8) is 0 Å². The number of amides is 8. The molecule has 0 fully saturated rings. The van der Waals surface area contributed by atoms with E-state index in [1.807, 2.05) is 53.8 Å². The van der Waals surface area contributed by atoms with E-state index >= 15 is 14.4 Å². The average molecular weight is 1420 g/mol. The molecule has 12 atom stereocenters. The number of rotatable bonds is 40. The summed E-state index contributed by atoms with van der Waals surface area (Å²) in [5.74, 6) is -15.5. The smallest absolute Gasteiger partial charge is 0.408 e. The van der Waals surface area contributed by atoms with E-state index in [1.165, 1.54) is 6.92 Å². The second kappa shape index (κ2) is 40.1. The number of hydrogen-bond donors (Lipinski definition) is 13. The lowest BCUT2D eigenvalue weighted by Gasteiger charge is -2.33. The molecule has 13 N–H and O–H groups in total. The summed E-state index contributed by atoms with van der Waals surface area (Å²) in [7, 11) is 0. The summed E-state index contributed by atoms with van der Waals surface area (Å²) in [5, 5.41) is 71.4. The lowest BCUT2D eigenvalue weighted by Crippen LogP contribution is -2.62. The molecule has 0 saturated heterocycles. The number of aliphatic hydroxyl groups excluding tert-OH is 4. The van der Waals surface area contributed by atoms with E-state index in [0.717, 1.165) is 22.3 Å². The third-order valence-corrected chi connectivity index (χ3v) is 17.4. The molecule has 5 rings (SSSR count). The molecule has 28 heteroatoms. The van der Waals surface area contributed by atoms with Crippen molar-refractivity contribution >= 4 is 71.1 Å². The summed E-state index contributed by atoms with van der Waals surface area (Å²) in [6.45, 7) is 12.9. The minimum Gasteiger partial charge on any atom is -0.480 e. The molecule has 28 nitrogen and oxygen atoms in total. The van der Waals surface area contributed by atoms with Gasteiger partial charge in [-0.25, -0.2) is 19.2 Å². The van der Waals surface area contributed by atoms with E-state index in [2.05, 4.69) is 37.2 Å². The van der Waals surface area contributed by atoms with Gasteiger partial charge in [-0.05, 0) is 91.7 Å². The average Bonchev–Trinajstić information content (AvgIpc) is 1.61. The number of aliphatic carboxylic acids is 1. The lowest BCUT2D eigenvalue weighted by atomic mass is 9.86. The SMILES string of the molecule is CC[C@H](C)[C@H](NC(=O)[C@@H](CCNC(=O)OCc1ccccc1)CC(=O)[C@H](CC(C)C)NC(=O)C(NC(=O)[C@@H](NC(=O)OCC1c2ccccc2-c2ccccc21)[C@H](NC(=O)OC(C)(C)C)c1ccccc1)[C@H](O)C(C)C)C(=O)C[C@H](C(=O)NCC(=O)C[C@@H](CO)C(=O)N[C@@H](CO)C(=O)O)[C@H](C)O. The maximum Gasteiger partial charge on any atom is 0.408 e. The van der Waals surface area contributed by atoms with Crippen LogP contribution < -0.4 is 42.5 Å². The standard InChI is InChI=1S/C74H100N8O20/c1-11-43(6)60(59(88)35-54(44(7)85)67(92)76-36-49(86)33-48(37-83)66(91)78-57(38-84)70(95)96)79-65(90)47(30-31-75-71(97)100-39-45-22-14-12-15-23-45)34-58(87)56(32-41(2)3)77-69(94)63(64(89)42(4)5)80-68(93)62(61(46-24-16-13-17-25-46)81-73(99)102-74(8,9)10)82-72(98)101-40-55-52-28-20-18-26-50(52)51-27-19-21-29-53(51)55/h12-29,41-44,47-48,54-57,60-64,83-85,89H,11,30-40H2,1-10H3,(H,75,97)(H,76,92)(H,77,94)(H,78,91)(H,79,90)(H,80,93)(H,81,99)(H,82,98)(H,95,96)/t43-,44-,47-,48-,54-,56-,57-,60-,61+,62-,63?,64+/m0/s1. The highest BCUT2D eigenvalue weighted by molar-refractivity contribution is 5.98. The van der Waals surface area contributed by atoms with Gasteiger partial charge in [-0.2, -0.15) is 0 Å². The first kappa shape index (κ1) is 83.0. The van der Waals surface area contributed by atoms with Crippen molar-refractivity contribution in [1.82, 2.24) is 42.5 Å². The van der Waals surface area contributed by atoms with E-state index in [0.29, 0.717) is 11.1 Å². The normalized spacial score (nSPS) is 15.4. The molecule has 0 aromatic heterocycles. The Morgan fingerprint density at radius 3 is 1.65 bits per heavy atom. The molecule has 556 valence electrons. The molecule has 1 unspecified atom stereocenters. The lowest BCUT2D eigenvalue weighted by molar-refractivity contribution is -0.144. The van der Waals surface area contributed by atoms with Gasteiger partial charge < -0.3 is 82.3 Å². The first-order valence-electron chi connectivity index (χ1n) is 34.2. The molecule has 0 bridgehead atoms. The molecule has 102 heavy (non-hydrogen) atoms. The van der Waals surface area contributed by atoms with Crippen molar-refractivity contribution in [3.8, 4) is 11.1 Å². The van der Waals surface area contributed by atoms with Gasteiger partial charge in [0.15, 0.2) is 17.3 Å². The number of benzene rings is 4. The van der Waals surface area contributed by atoms with Crippen LogP contribution in [-0.2, 0) is 64.0 Å². The molecule has 0 saturated carbocycles. The van der Waals surface area contributed by atoms with Crippen LogP contribution in [0, 0.1) is 35.5 Å². The fraction of sp³-hybridized carbons (Fsp3) is 0.514. The second-order valence-corrected chi connectivity index (χ2v) is 27.3. The zero-order valence-electron chi connectivity index (χ0n) is 59.4. The van der Waals surface area contributed by atoms with Gasteiger partial charge in [0.1, 0.15) is 36.9 Å². The Bertz CT molecular complexity index is 3470. The quantitative estimate of drug-likeness (QED) is 0.0266. The van der Waals surface area contributed by atoms with Gasteiger partial charge in [-0.15, -0.1) is 0 Å². The predicted octanol–water partition coefficient (Wildman–Crippen LogP) is 4.82. The first-order chi connectivity index (χ1) is 48.3. The Morgan fingerprint density at radius 1 is 0.539 bits per heavy atom. The Balaban J connectivity index is 1.43. The molecule has 0 heterocycles. The zero-order chi connectivity index (χ0) is 75.5. The highest BCUT2D eigenvalue weighted by Gasteiger charge is 2.42. The topological polar surface area (TPSA) is 430 Å². The number of ether oxygens (including phenoxy) is 3. The number of fused-ring (bicyclic) bond motifs is 3. The molecule has 0 aliphatic heterocycles. The predicted molar refractivity (Wildman–Crippen MR) is 373 cm³/mol. The third-order valence-electron chi connectivity index (χ3n) is 17.4. The van der Waals surface area contributed by atoms with Crippen LogP contribution in [0.3, 0.4) is 0 Å². The van der Waals surface area contributed by atoms with E-state index in [-0.39, 0.29) is 44.9 Å². The van der Waals surface area contributed by atoms with Crippen molar-refractivity contribution < 1.29 is 97.3 Å². The summed E-state index contributed by atoms with van der Waals surface area (Å²) in [4.78, 5) is 166. The van der Waals surface area contributed by atoms with Gasteiger partial charge in [0.05, 0.1) is 61.9 Å². The number of carbonyl (C=O) groups is 12. The largest absolute Gasteiger partial charge is 0.480 e. The maximum atomic E-state index is 15.2. The van der Waals surface area contributed by atoms with Crippen molar-refractivity contribution in [2.24, 2.45) is 35.5 Å². The van der Waals surface area contributed by atoms with E-state index in [1.54, 1.807) is 123 Å². The number of carbonyl (C=O) groups excluding carboxylic acids is 11. The fourth-order valence-electron chi connectivity index (χ4n) is 11.5. The van der Waals surface area contributed by atoms with Gasteiger partial charge in [0, 0.05) is 37.6 Å². The number of aliphatic hydroxyl groups is 4. The minimum atomic E-state index is -1.88. The van der Waals surface area contributed by atoms with Crippen LogP contribution in [0.2, 0.25) is 0 Å². The maximum absolute atomic E-state index is 15.2. The van der Waals surface area contributed by atoms with Crippen LogP contribution in [0.5, 0.6) is 0 Å². The van der Waals surface area contributed by atoms with Crippen LogP contribution in [0.15, 0.2) is 109 Å². The van der Waals surface area contributed by atoms with E-state index in [9.17, 15) is 68.7 Å². The van der Waals surface area contributed by atoms with Gasteiger partial charge in [0.25, 0.3) is 0 Å². The molecule has 4 aromatic rings. The number of carboxylic acid groups (broad SMARTS) is 1. The number of alkyl carbamates (subject to hydrolysis) is 3. The van der Waals surface area contributed by atoms with Crippen LogP contribution in [0.1, 0.15) is 142 Å². The highest BCUT2D eigenvalue weighted by Crippen LogP contribution is 2.44. The van der Waals surface area contributed by atoms with Crippen molar-refractivity contribution in [1.29, 1.82) is 0 Å². The third kappa shape index (κ3) is 25.5. The summed E-state index contributed by atoms with van der Waals surface area (Å²) < 4.78 is 16.9. The summed E-state index contributed by atoms with van der Waals surface area (Å²) in [5.41, 5.74) is 3.63. The van der Waals surface area contributed by atoms with E-state index in [4.69, 9.17) is 14.2 Å². The molecule has 1 aliphatic rings. The van der Waals surface area contributed by atoms with Gasteiger partial charge in [-0.3, -0.25) is 38.4 Å². The van der Waals surface area contributed by atoms with Crippen LogP contribution in [0.25, 0.3) is 11.1 Å². The molecule has 4 aromatic carbocycles. The second-order valence-electron chi connectivity index (χ2n) is 27.3. The Hall–Kier alpha value is -9.64. The van der Waals surface area contributed by atoms with Crippen molar-refractivity contribution in [2.45, 2.75) is 174 Å². The van der Waals surface area contributed by atoms with Crippen LogP contribution >= 0.6 is 0 Å². The molecule has 0 radical (unpaired) electrons. The number of nitrogens with one attached hydrogen (secondary N) is 8. The highest BCUT2D eigenvalue weighted by atomic mass is 16.6. The number of Topliss-reactive ketones (excluding diaryl/α,β-unsaturated/α-hetero) is 3. The summed E-state index contributed by atoms with van der Waals surface area (Å²) >= 11 is 0. The first-order valence-corrected chi connectivity index (χ1v) is 34.2. The summed E-state index contributed by atoms with van der Waals surface area (Å²) in [6, 6.07) is 22.5. The molecule has 1 aliphatic carbocycles. The molecule has 0 spiro atoms. The van der Waals surface area contributed by atoms with Crippen molar-refractivity contribution in [2.75, 3.05) is 32.9 Å². The van der Waals surface area contributed by atoms with Gasteiger partial charge in [0.2, 0.25) is 29.5 Å². The number of hydrogen-bond acceptors (Lipinski definition) is 19. The molecular weight excluding hydrogens is 1320 g/mol. The van der Waals surface area contributed by atoms with Crippen LogP contribution in [-0.4, -0.2) is 178 Å². The monoisotopic (exact) mass is 1420 g/mol. The van der Waals surface area contributed by atoms with Gasteiger partial charge in [-0.1, -0.05) is 157 Å². The van der Waals surface area contributed by atoms with Crippen LogP contribution in [0.4, 0.5) is 14.4 Å². The van der Waals surface area contributed by atoms with Gasteiger partial charge >= 0.3 is 24.2 Å². The Morgan fingerprint density at radius 2 is 1.10 bits per heavy atom. The Labute approximate surface area is 593 Å². The zero-order valence-corrected chi connectivity index (χ0v) is 59.4. The molecule has 8 amide bonds. The minimum absolute atomic E-state index is 0.0686. The fourth-order valence-corrected chi connectivity index (χ4v) is 11.5. The van der Waals surface area contributed by atoms with Crippen molar-refractivity contribution in [3.05, 3.63) is 131 Å². The Kier molecular flexibility index (Phi) is 32.7. The van der Waals surface area contributed by atoms with E-state index < -0.39 is 200 Å². The number of carboxylic acids is 1. The number of ketones is 3. The molecular formula is C74H100N8O20.